The molecule has 3 rings (SSSR count). The second kappa shape index (κ2) is 14.2. The van der Waals surface area contributed by atoms with Gasteiger partial charge >= 0.3 is 0 Å². The SMILES string of the molecule is CN[C@@H]1[C@@H](O)[C@@H](O[C@@H]2[C@@H](O)[C@H](O[C@H]3O[C@H](CN=C(N)C(F)F)CC[C@H]3N)[C@@H](N)C[C@H]2N=C(N)C(C)O)OC[C@]1(C)O. The summed E-state index contributed by atoms with van der Waals surface area (Å²) in [6.45, 7) is 2.61. The van der Waals surface area contributed by atoms with Gasteiger partial charge in [0.15, 0.2) is 18.4 Å². The van der Waals surface area contributed by atoms with E-state index in [1.54, 1.807) is 7.05 Å². The molecule has 13 N–H and O–H groups in total. The van der Waals surface area contributed by atoms with E-state index in [9.17, 15) is 29.2 Å². The molecule has 1 saturated carbocycles. The number of rotatable bonds is 10. The number of likely N-dealkylation sites (N-methyl/N-ethyl adjacent to an activating group) is 1. The third-order valence-electron chi connectivity index (χ3n) is 7.65. The van der Waals surface area contributed by atoms with Crippen LogP contribution in [0.25, 0.3) is 0 Å². The summed E-state index contributed by atoms with van der Waals surface area (Å²) in [4.78, 5) is 7.98. The summed E-state index contributed by atoms with van der Waals surface area (Å²) >= 11 is 0. The van der Waals surface area contributed by atoms with E-state index in [0.29, 0.717) is 12.8 Å². The van der Waals surface area contributed by atoms with Crippen LogP contribution in [0.3, 0.4) is 0 Å². The number of hydrogen-bond donors (Lipinski definition) is 9. The fourth-order valence-corrected chi connectivity index (χ4v) is 5.29. The number of halogens is 2. The van der Waals surface area contributed by atoms with Gasteiger partial charge in [-0.1, -0.05) is 0 Å². The average molecular weight is 598 g/mol. The molecule has 0 bridgehead atoms. The summed E-state index contributed by atoms with van der Waals surface area (Å²) in [5, 5.41) is 45.7. The van der Waals surface area contributed by atoms with Crippen molar-refractivity contribution in [1.29, 1.82) is 0 Å². The minimum atomic E-state index is -2.89. The van der Waals surface area contributed by atoms with Crippen LogP contribution in [0.2, 0.25) is 0 Å². The summed E-state index contributed by atoms with van der Waals surface area (Å²) < 4.78 is 49.0. The van der Waals surface area contributed by atoms with Gasteiger partial charge in [0.05, 0.1) is 37.4 Å². The predicted molar refractivity (Wildman–Crippen MR) is 143 cm³/mol. The van der Waals surface area contributed by atoms with Crippen LogP contribution in [0.5, 0.6) is 0 Å². The van der Waals surface area contributed by atoms with Crippen LogP contribution in [-0.2, 0) is 18.9 Å². The van der Waals surface area contributed by atoms with Crippen LogP contribution in [0.1, 0.15) is 33.1 Å². The molecule has 3 aliphatic rings. The van der Waals surface area contributed by atoms with E-state index in [-0.39, 0.29) is 25.4 Å². The fraction of sp³-hybridized carbons (Fsp3) is 0.917. The van der Waals surface area contributed by atoms with Crippen LogP contribution in [-0.4, -0.2) is 138 Å². The van der Waals surface area contributed by atoms with E-state index in [1.807, 2.05) is 0 Å². The summed E-state index contributed by atoms with van der Waals surface area (Å²) in [5.41, 5.74) is 22.3. The third kappa shape index (κ3) is 8.26. The van der Waals surface area contributed by atoms with Crippen molar-refractivity contribution in [3.05, 3.63) is 0 Å². The lowest BCUT2D eigenvalue weighted by Gasteiger charge is -2.48. The van der Waals surface area contributed by atoms with Crippen LogP contribution in [0.4, 0.5) is 8.78 Å². The first-order chi connectivity index (χ1) is 19.2. The lowest BCUT2D eigenvalue weighted by atomic mass is 9.83. The molecule has 17 heteroatoms. The Bertz CT molecular complexity index is 917. The number of amidine groups is 2. The zero-order chi connectivity index (χ0) is 30.6. The molecule has 1 unspecified atom stereocenters. The number of nitrogens with one attached hydrogen (secondary N) is 1. The number of ether oxygens (including phenoxy) is 4. The van der Waals surface area contributed by atoms with Gasteiger partial charge in [-0.05, 0) is 40.2 Å². The Morgan fingerprint density at radius 1 is 1.07 bits per heavy atom. The highest BCUT2D eigenvalue weighted by Crippen LogP contribution is 2.33. The van der Waals surface area contributed by atoms with Crippen molar-refractivity contribution in [3.8, 4) is 0 Å². The largest absolute Gasteiger partial charge is 0.388 e. The molecule has 2 saturated heterocycles. The monoisotopic (exact) mass is 597 g/mol. The van der Waals surface area contributed by atoms with E-state index in [0.717, 1.165) is 0 Å². The van der Waals surface area contributed by atoms with E-state index in [1.165, 1.54) is 13.8 Å². The van der Waals surface area contributed by atoms with Crippen molar-refractivity contribution in [2.24, 2.45) is 32.9 Å². The summed E-state index contributed by atoms with van der Waals surface area (Å²) in [6.07, 6.45) is -11.1. The average Bonchev–Trinajstić information content (AvgIpc) is 2.89. The van der Waals surface area contributed by atoms with Crippen molar-refractivity contribution < 1.29 is 48.2 Å². The smallest absolute Gasteiger partial charge is 0.294 e. The first-order valence-corrected chi connectivity index (χ1v) is 13.6. The molecule has 0 aromatic rings. The van der Waals surface area contributed by atoms with Crippen molar-refractivity contribution >= 4 is 11.7 Å². The molecule has 0 amide bonds. The van der Waals surface area contributed by atoms with Gasteiger partial charge in [0.1, 0.15) is 42.0 Å². The molecule has 238 valence electrons. The van der Waals surface area contributed by atoms with Gasteiger partial charge in [-0.2, -0.15) is 0 Å². The zero-order valence-corrected chi connectivity index (χ0v) is 23.4. The quantitative estimate of drug-likeness (QED) is 0.0874. The van der Waals surface area contributed by atoms with E-state index in [4.69, 9.17) is 41.9 Å². The van der Waals surface area contributed by atoms with E-state index < -0.39 is 91.2 Å². The summed E-state index contributed by atoms with van der Waals surface area (Å²) in [6, 6.07) is -3.15. The van der Waals surface area contributed by atoms with Crippen LogP contribution in [0, 0.1) is 0 Å². The predicted octanol–water partition coefficient (Wildman–Crippen LogP) is -3.53. The van der Waals surface area contributed by atoms with Gasteiger partial charge in [-0.3, -0.25) is 9.98 Å². The van der Waals surface area contributed by atoms with E-state index >= 15 is 0 Å². The maximum atomic E-state index is 12.7. The Morgan fingerprint density at radius 3 is 2.34 bits per heavy atom. The Hall–Kier alpha value is -1.64. The van der Waals surface area contributed by atoms with Crippen LogP contribution in [0.15, 0.2) is 9.98 Å². The number of aliphatic hydroxyl groups is 4. The van der Waals surface area contributed by atoms with Gasteiger partial charge in [-0.25, -0.2) is 8.78 Å². The van der Waals surface area contributed by atoms with Crippen molar-refractivity contribution in [3.63, 3.8) is 0 Å². The number of alkyl halides is 2. The minimum absolute atomic E-state index is 0.0798. The lowest BCUT2D eigenvalue weighted by molar-refractivity contribution is -0.306. The number of aliphatic imine (C=N–C) groups is 2. The Balaban J connectivity index is 1.80. The minimum Gasteiger partial charge on any atom is -0.388 e. The first kappa shape index (κ1) is 33.9. The number of aliphatic hydroxyl groups excluding tert-OH is 3. The zero-order valence-electron chi connectivity index (χ0n) is 23.4. The molecule has 0 radical (unpaired) electrons. The lowest BCUT2D eigenvalue weighted by Crippen LogP contribution is -2.67. The topological polar surface area (TPSA) is 259 Å². The molecule has 0 aromatic carbocycles. The molecule has 15 nitrogen and oxygen atoms in total. The second-order valence-corrected chi connectivity index (χ2v) is 11.1. The molecular weight excluding hydrogens is 552 g/mol. The Kier molecular flexibility index (Phi) is 11.7. The number of nitrogens with two attached hydrogens (primary N) is 4. The maximum absolute atomic E-state index is 12.7. The Morgan fingerprint density at radius 2 is 1.73 bits per heavy atom. The van der Waals surface area contributed by atoms with Crippen molar-refractivity contribution in [2.75, 3.05) is 20.2 Å². The molecular formula is C24H45F2N7O8. The van der Waals surface area contributed by atoms with Gasteiger partial charge < -0.3 is 67.6 Å². The normalized spacial score (nSPS) is 43.8. The number of hydrogen-bond acceptors (Lipinski definition) is 13. The molecule has 0 spiro atoms. The second-order valence-electron chi connectivity index (χ2n) is 11.1. The molecule has 1 aliphatic carbocycles. The first-order valence-electron chi connectivity index (χ1n) is 13.6. The van der Waals surface area contributed by atoms with Gasteiger partial charge in [0, 0.05) is 6.04 Å². The molecule has 41 heavy (non-hydrogen) atoms. The van der Waals surface area contributed by atoms with Crippen molar-refractivity contribution in [1.82, 2.24) is 5.32 Å². The highest BCUT2D eigenvalue weighted by molar-refractivity contribution is 5.84. The van der Waals surface area contributed by atoms with Crippen LogP contribution < -0.4 is 28.3 Å². The van der Waals surface area contributed by atoms with Gasteiger partial charge in [0.2, 0.25) is 0 Å². The van der Waals surface area contributed by atoms with Crippen molar-refractivity contribution in [2.45, 2.75) is 119 Å². The Labute approximate surface area is 237 Å². The molecule has 0 aromatic heterocycles. The fourth-order valence-electron chi connectivity index (χ4n) is 5.29. The highest BCUT2D eigenvalue weighted by atomic mass is 19.3. The summed E-state index contributed by atoms with van der Waals surface area (Å²) in [7, 11) is 1.56. The van der Waals surface area contributed by atoms with Gasteiger partial charge in [-0.15, -0.1) is 0 Å². The molecule has 2 heterocycles. The standard InChI is InChI=1S/C24H45F2N7O8/c1-9(34)20(29)33-13-6-12(28)16(40-22-11(27)5-4-10(39-22)7-32-21(30)19(25)26)14(35)17(13)41-23-15(36)18(31-3)24(2,37)8-38-23/h9-19,22-23,31,34-37H,4-8,27-28H2,1-3H3,(H2,29,33)(H2,30,32)/t9?,10-,11+,12-,13+,14-,15+,16+,17-,18+,22+,23+,24-/m0/s1. The number of nitrogens with zero attached hydrogens (tertiary/aromatic N) is 2. The molecule has 2 aliphatic heterocycles. The van der Waals surface area contributed by atoms with Gasteiger partial charge in [0.25, 0.3) is 6.43 Å². The summed E-state index contributed by atoms with van der Waals surface area (Å²) in [5.74, 6) is -0.921. The molecule has 3 fully saturated rings. The third-order valence-corrected chi connectivity index (χ3v) is 7.65. The molecule has 13 atom stereocenters. The van der Waals surface area contributed by atoms with Crippen LogP contribution >= 0.6 is 0 Å². The highest BCUT2D eigenvalue weighted by Gasteiger charge is 2.51. The van der Waals surface area contributed by atoms with E-state index in [2.05, 4.69) is 15.3 Å². The maximum Gasteiger partial charge on any atom is 0.294 e.